The van der Waals surface area contributed by atoms with Crippen molar-refractivity contribution in [3.8, 4) is 0 Å². The van der Waals surface area contributed by atoms with Crippen LogP contribution in [0.5, 0.6) is 0 Å². The summed E-state index contributed by atoms with van der Waals surface area (Å²) in [5.74, 6) is 1.95. The van der Waals surface area contributed by atoms with Crippen molar-refractivity contribution in [1.29, 1.82) is 0 Å². The lowest BCUT2D eigenvalue weighted by Gasteiger charge is -2.29. The molecule has 1 saturated heterocycles. The van der Waals surface area contributed by atoms with E-state index in [0.717, 1.165) is 37.4 Å². The molecule has 0 aromatic heterocycles. The molecule has 0 saturated carbocycles. The van der Waals surface area contributed by atoms with Gasteiger partial charge < -0.3 is 10.6 Å². The first-order chi connectivity index (χ1) is 7.16. The Morgan fingerprint density at radius 1 is 1.53 bits per heavy atom. The second kappa shape index (κ2) is 6.33. The van der Waals surface area contributed by atoms with E-state index in [2.05, 4.69) is 0 Å². The molecule has 1 aliphatic heterocycles. The van der Waals surface area contributed by atoms with Gasteiger partial charge in [-0.15, -0.1) is 0 Å². The van der Waals surface area contributed by atoms with E-state index < -0.39 is 0 Å². The highest BCUT2D eigenvalue weighted by molar-refractivity contribution is 7.99. The fraction of sp³-hybridized carbons (Fsp3) is 0.800. The number of nitrogens with zero attached hydrogens (tertiary/aromatic N) is 1. The van der Waals surface area contributed by atoms with Crippen LogP contribution in [0.2, 0.25) is 0 Å². The van der Waals surface area contributed by atoms with Crippen molar-refractivity contribution in [2.45, 2.75) is 19.8 Å². The molecule has 2 N–H and O–H groups in total. The van der Waals surface area contributed by atoms with Crippen LogP contribution in [-0.2, 0) is 4.79 Å². The molecule has 0 bridgehead atoms. The number of nitrogens with two attached hydrogens (primary N) is 1. The Morgan fingerprint density at radius 3 is 2.60 bits per heavy atom. The minimum atomic E-state index is -0.243. The highest BCUT2D eigenvalue weighted by Crippen LogP contribution is 2.15. The van der Waals surface area contributed by atoms with Crippen molar-refractivity contribution < 1.29 is 4.79 Å². The van der Waals surface area contributed by atoms with Crippen LogP contribution in [0, 0.1) is 5.92 Å². The molecule has 0 aliphatic carbocycles. The summed E-state index contributed by atoms with van der Waals surface area (Å²) in [6, 6.07) is 0. The van der Waals surface area contributed by atoms with Crippen molar-refractivity contribution in [3.05, 3.63) is 0 Å². The molecular weight excluding hydrogens is 228 g/mol. The second-order valence-electron chi connectivity index (χ2n) is 3.68. The second-order valence-corrected chi connectivity index (χ2v) is 5.38. The first kappa shape index (κ1) is 12.8. The van der Waals surface area contributed by atoms with Crippen LogP contribution in [0.4, 0.5) is 0 Å². The Kier molecular flexibility index (Phi) is 5.39. The highest BCUT2D eigenvalue weighted by Gasteiger charge is 2.26. The number of thioether (sulfide) groups is 1. The van der Waals surface area contributed by atoms with Crippen molar-refractivity contribution in [1.82, 2.24) is 4.90 Å². The molecule has 1 atom stereocenters. The number of carbonyl (C=O) groups excluding carboxylic acids is 1. The Morgan fingerprint density at radius 2 is 2.13 bits per heavy atom. The first-order valence-electron chi connectivity index (χ1n) is 5.32. The minimum Gasteiger partial charge on any atom is -0.393 e. The SMILES string of the molecule is CCCC(C(=O)N1CCSCC1)C(N)=S. The third-order valence-electron chi connectivity index (χ3n) is 2.54. The highest BCUT2D eigenvalue weighted by atomic mass is 32.2. The summed E-state index contributed by atoms with van der Waals surface area (Å²) in [6.07, 6.45) is 1.72. The van der Waals surface area contributed by atoms with Gasteiger partial charge in [-0.05, 0) is 6.42 Å². The summed E-state index contributed by atoms with van der Waals surface area (Å²) in [6.45, 7) is 3.73. The van der Waals surface area contributed by atoms with Crippen molar-refractivity contribution in [2.24, 2.45) is 11.7 Å². The summed E-state index contributed by atoms with van der Waals surface area (Å²) in [4.78, 5) is 14.3. The zero-order valence-electron chi connectivity index (χ0n) is 9.07. The number of thiocarbonyl (C=S) groups is 1. The minimum absolute atomic E-state index is 0.129. The first-order valence-corrected chi connectivity index (χ1v) is 6.89. The van der Waals surface area contributed by atoms with Crippen molar-refractivity contribution in [3.63, 3.8) is 0 Å². The van der Waals surface area contributed by atoms with Crippen LogP contribution in [0.25, 0.3) is 0 Å². The molecule has 1 unspecified atom stereocenters. The van der Waals surface area contributed by atoms with Gasteiger partial charge in [0.15, 0.2) is 0 Å². The van der Waals surface area contributed by atoms with Crippen molar-refractivity contribution in [2.75, 3.05) is 24.6 Å². The van der Waals surface area contributed by atoms with E-state index in [1.54, 1.807) is 0 Å². The molecule has 1 fully saturated rings. The molecule has 1 heterocycles. The summed E-state index contributed by atoms with van der Waals surface area (Å²) < 4.78 is 0. The van der Waals surface area contributed by atoms with E-state index in [1.807, 2.05) is 23.6 Å². The van der Waals surface area contributed by atoms with E-state index >= 15 is 0 Å². The zero-order chi connectivity index (χ0) is 11.3. The molecule has 0 aromatic carbocycles. The predicted octanol–water partition coefficient (Wildman–Crippen LogP) is 1.26. The van der Waals surface area contributed by atoms with Gasteiger partial charge in [-0.25, -0.2) is 0 Å². The van der Waals surface area contributed by atoms with Gasteiger partial charge in [-0.3, -0.25) is 4.79 Å². The van der Waals surface area contributed by atoms with E-state index in [0.29, 0.717) is 4.99 Å². The normalized spacial score (nSPS) is 18.6. The summed E-state index contributed by atoms with van der Waals surface area (Å²) in [5, 5.41) is 0. The van der Waals surface area contributed by atoms with Gasteiger partial charge in [-0.1, -0.05) is 25.6 Å². The van der Waals surface area contributed by atoms with Crippen molar-refractivity contribution >= 4 is 34.9 Å². The summed E-state index contributed by atoms with van der Waals surface area (Å²) in [5.41, 5.74) is 5.61. The summed E-state index contributed by atoms with van der Waals surface area (Å²) in [7, 11) is 0. The van der Waals surface area contributed by atoms with Crippen LogP contribution < -0.4 is 5.73 Å². The average molecular weight is 246 g/mol. The number of hydrogen-bond acceptors (Lipinski definition) is 3. The van der Waals surface area contributed by atoms with E-state index in [-0.39, 0.29) is 11.8 Å². The zero-order valence-corrected chi connectivity index (χ0v) is 10.7. The Balaban J connectivity index is 2.57. The molecule has 1 rings (SSSR count). The Hall–Kier alpha value is -0.290. The lowest BCUT2D eigenvalue weighted by atomic mass is 10.0. The van der Waals surface area contributed by atoms with Crippen LogP contribution in [0.15, 0.2) is 0 Å². The molecule has 0 radical (unpaired) electrons. The number of carbonyl (C=O) groups is 1. The van der Waals surface area contributed by atoms with Gasteiger partial charge in [0, 0.05) is 24.6 Å². The molecule has 0 aromatic rings. The number of amides is 1. The third-order valence-corrected chi connectivity index (χ3v) is 3.77. The number of rotatable bonds is 4. The maximum Gasteiger partial charge on any atom is 0.232 e. The Labute approximate surface area is 101 Å². The molecule has 1 aliphatic rings. The maximum absolute atomic E-state index is 12.1. The fourth-order valence-corrected chi connectivity index (χ4v) is 2.80. The predicted molar refractivity (Wildman–Crippen MR) is 69.1 cm³/mol. The van der Waals surface area contributed by atoms with E-state index in [4.69, 9.17) is 18.0 Å². The van der Waals surface area contributed by atoms with Gasteiger partial charge in [0.1, 0.15) is 0 Å². The molecule has 5 heteroatoms. The van der Waals surface area contributed by atoms with E-state index in [1.165, 1.54) is 0 Å². The average Bonchev–Trinajstić information content (AvgIpc) is 2.26. The fourth-order valence-electron chi connectivity index (χ4n) is 1.68. The van der Waals surface area contributed by atoms with Gasteiger partial charge in [0.2, 0.25) is 5.91 Å². The molecule has 86 valence electrons. The molecule has 0 spiro atoms. The largest absolute Gasteiger partial charge is 0.393 e. The monoisotopic (exact) mass is 246 g/mol. The topological polar surface area (TPSA) is 46.3 Å². The Bertz CT molecular complexity index is 240. The van der Waals surface area contributed by atoms with Gasteiger partial charge in [-0.2, -0.15) is 11.8 Å². The molecule has 15 heavy (non-hydrogen) atoms. The van der Waals surface area contributed by atoms with Crippen LogP contribution in [-0.4, -0.2) is 40.4 Å². The van der Waals surface area contributed by atoms with Gasteiger partial charge in [0.25, 0.3) is 0 Å². The lowest BCUT2D eigenvalue weighted by Crippen LogP contribution is -2.44. The smallest absolute Gasteiger partial charge is 0.232 e. The van der Waals surface area contributed by atoms with Crippen LogP contribution >= 0.6 is 24.0 Å². The van der Waals surface area contributed by atoms with E-state index in [9.17, 15) is 4.79 Å². The molecule has 3 nitrogen and oxygen atoms in total. The quantitative estimate of drug-likeness (QED) is 0.759. The summed E-state index contributed by atoms with van der Waals surface area (Å²) >= 11 is 6.84. The third kappa shape index (κ3) is 3.65. The van der Waals surface area contributed by atoms with Gasteiger partial charge >= 0.3 is 0 Å². The lowest BCUT2D eigenvalue weighted by molar-refractivity contribution is -0.133. The maximum atomic E-state index is 12.1. The molecular formula is C10H18N2OS2. The number of hydrogen-bond donors (Lipinski definition) is 1. The standard InChI is InChI=1S/C10H18N2OS2/c1-2-3-8(9(11)14)10(13)12-4-6-15-7-5-12/h8H,2-7H2,1H3,(H2,11,14). The van der Waals surface area contributed by atoms with Crippen LogP contribution in [0.1, 0.15) is 19.8 Å². The van der Waals surface area contributed by atoms with Gasteiger partial charge in [0.05, 0.1) is 10.9 Å². The van der Waals surface area contributed by atoms with Crippen LogP contribution in [0.3, 0.4) is 0 Å². The molecule has 1 amide bonds.